The number of rotatable bonds is 6. The molecule has 0 saturated carbocycles. The summed E-state index contributed by atoms with van der Waals surface area (Å²) in [4.78, 5) is 61.2. The Morgan fingerprint density at radius 1 is 0.256 bits per heavy atom. The Bertz CT molecular complexity index is 3170. The smallest absolute Gasteiger partial charge is 0.116 e. The van der Waals surface area contributed by atoms with Crippen LogP contribution in [0.5, 0.6) is 0 Å². The Balaban J connectivity index is 0.000000136. The van der Waals surface area contributed by atoms with Crippen LogP contribution in [-0.2, 0) is 0 Å². The molecule has 384 valence electrons. The van der Waals surface area contributed by atoms with Crippen molar-refractivity contribution in [2.75, 3.05) is 0 Å². The lowest BCUT2D eigenvalue weighted by Gasteiger charge is -2.02. The van der Waals surface area contributed by atoms with Crippen molar-refractivity contribution < 1.29 is 0 Å². The van der Waals surface area contributed by atoms with E-state index in [1.54, 1.807) is 81.2 Å². The maximum atomic E-state index is 4.44. The summed E-state index contributed by atoms with van der Waals surface area (Å²) in [6.45, 7) is 11.9. The molecule has 78 heavy (non-hydrogen) atoms. The maximum Gasteiger partial charge on any atom is 0.116 e. The highest BCUT2D eigenvalue weighted by molar-refractivity contribution is 5.66. The van der Waals surface area contributed by atoms with E-state index in [1.165, 1.54) is 11.1 Å². The van der Waals surface area contributed by atoms with Crippen LogP contribution in [0.1, 0.15) is 34.0 Å². The van der Waals surface area contributed by atoms with E-state index in [9.17, 15) is 0 Å². The van der Waals surface area contributed by atoms with Crippen molar-refractivity contribution in [1.29, 1.82) is 0 Å². The molecule has 12 rings (SSSR count). The molecule has 0 radical (unpaired) electrons. The van der Waals surface area contributed by atoms with Crippen molar-refractivity contribution in [2.45, 2.75) is 41.5 Å². The molecule has 15 nitrogen and oxygen atoms in total. The van der Waals surface area contributed by atoms with E-state index < -0.39 is 0 Å². The second-order valence-corrected chi connectivity index (χ2v) is 17.0. The standard InChI is InChI=1S/C12H11N.C11H10N2.4C10H9N3/c1-10-6-5-9-12(13-10)11-7-3-2-4-8-11;1-9-11(7-12-8-13-9)10-5-3-2-4-6-10;1-8-10(6-12-7-13-8)9-2-4-11-5-3-9;1-8-6-12-7-13-10(8)9-2-4-11-5-3-9;1-8-10(6-12-7-13-8)9-3-2-4-11-5-9;1-8-9(6-11-7-13-8)10-4-2-3-5-12-10/h2-9H,1H3;2-8H,1H3;4*2-7H,1H3. The minimum atomic E-state index is 0.917. The summed E-state index contributed by atoms with van der Waals surface area (Å²) in [5.41, 5.74) is 18.8. The molecule has 0 aliphatic heterocycles. The average Bonchev–Trinajstić information content (AvgIpc) is 3.50. The van der Waals surface area contributed by atoms with Gasteiger partial charge in [-0.05, 0) is 113 Å². The Morgan fingerprint density at radius 2 is 0.705 bits per heavy atom. The molecule has 2 aromatic carbocycles. The van der Waals surface area contributed by atoms with E-state index in [2.05, 4.69) is 99.0 Å². The predicted molar refractivity (Wildman–Crippen MR) is 307 cm³/mol. The van der Waals surface area contributed by atoms with Crippen LogP contribution in [0, 0.1) is 41.5 Å². The van der Waals surface area contributed by atoms with Crippen LogP contribution in [0.2, 0.25) is 0 Å². The third-order valence-corrected chi connectivity index (χ3v) is 11.4. The minimum Gasteiger partial charge on any atom is -0.265 e. The van der Waals surface area contributed by atoms with Gasteiger partial charge in [0, 0.05) is 136 Å². The number of aryl methyl sites for hydroxylation is 6. The van der Waals surface area contributed by atoms with Crippen LogP contribution < -0.4 is 0 Å². The lowest BCUT2D eigenvalue weighted by molar-refractivity contribution is 1.10. The first-order valence-corrected chi connectivity index (χ1v) is 24.7. The molecule has 0 saturated heterocycles. The Kier molecular flexibility index (Phi) is 21.3. The third-order valence-electron chi connectivity index (χ3n) is 11.4. The molecular formula is C63H57N15. The Labute approximate surface area is 455 Å². The Morgan fingerprint density at radius 3 is 1.19 bits per heavy atom. The maximum absolute atomic E-state index is 4.44. The van der Waals surface area contributed by atoms with Gasteiger partial charge in [-0.2, -0.15) is 0 Å². The largest absolute Gasteiger partial charge is 0.265 e. The highest BCUT2D eigenvalue weighted by Gasteiger charge is 2.05. The molecule has 0 spiro atoms. The quantitative estimate of drug-likeness (QED) is 0.153. The van der Waals surface area contributed by atoms with E-state index in [-0.39, 0.29) is 0 Å². The zero-order valence-corrected chi connectivity index (χ0v) is 44.2. The van der Waals surface area contributed by atoms with Gasteiger partial charge in [0.25, 0.3) is 0 Å². The van der Waals surface area contributed by atoms with Crippen LogP contribution in [0.25, 0.3) is 67.2 Å². The van der Waals surface area contributed by atoms with Gasteiger partial charge in [0.1, 0.15) is 31.6 Å². The second-order valence-electron chi connectivity index (χ2n) is 17.0. The number of pyridine rings is 5. The monoisotopic (exact) mass is 1020 g/mol. The summed E-state index contributed by atoms with van der Waals surface area (Å²) in [6, 6.07) is 43.9. The fourth-order valence-corrected chi connectivity index (χ4v) is 7.38. The Hall–Kier alpha value is -10.4. The fraction of sp³-hybridized carbons (Fsp3) is 0.0952. The highest BCUT2D eigenvalue weighted by Crippen LogP contribution is 2.23. The van der Waals surface area contributed by atoms with Gasteiger partial charge in [-0.3, -0.25) is 24.9 Å². The van der Waals surface area contributed by atoms with Crippen molar-refractivity contribution in [1.82, 2.24) is 74.8 Å². The van der Waals surface area contributed by atoms with Gasteiger partial charge in [-0.1, -0.05) is 78.9 Å². The summed E-state index contributed by atoms with van der Waals surface area (Å²) in [6.07, 6.45) is 29.2. The van der Waals surface area contributed by atoms with Gasteiger partial charge in [-0.15, -0.1) is 0 Å². The minimum absolute atomic E-state index is 0.917. The molecule has 0 bridgehead atoms. The first-order chi connectivity index (χ1) is 38.2. The van der Waals surface area contributed by atoms with Crippen LogP contribution in [0.4, 0.5) is 0 Å². The number of hydrogen-bond donors (Lipinski definition) is 0. The molecule has 0 N–H and O–H groups in total. The van der Waals surface area contributed by atoms with Crippen LogP contribution >= 0.6 is 0 Å². The number of hydrogen-bond acceptors (Lipinski definition) is 15. The summed E-state index contributed by atoms with van der Waals surface area (Å²) in [5, 5.41) is 0. The van der Waals surface area contributed by atoms with Crippen LogP contribution in [0.3, 0.4) is 0 Å². The van der Waals surface area contributed by atoms with Gasteiger partial charge < -0.3 is 0 Å². The third kappa shape index (κ3) is 17.1. The van der Waals surface area contributed by atoms with Crippen molar-refractivity contribution in [3.8, 4) is 67.2 Å². The first-order valence-electron chi connectivity index (χ1n) is 24.7. The predicted octanol–water partition coefficient (Wildman–Crippen LogP) is 12.9. The van der Waals surface area contributed by atoms with E-state index in [1.807, 2.05) is 176 Å². The number of nitrogens with zero attached hydrogens (tertiary/aromatic N) is 15. The molecular weight excluding hydrogens is 967 g/mol. The van der Waals surface area contributed by atoms with Crippen molar-refractivity contribution in [3.05, 3.63) is 273 Å². The molecule has 12 aromatic rings. The van der Waals surface area contributed by atoms with E-state index in [0.29, 0.717) is 0 Å². The van der Waals surface area contributed by atoms with Crippen LogP contribution in [-0.4, -0.2) is 74.8 Å². The number of benzene rings is 2. The molecule has 0 aliphatic rings. The van der Waals surface area contributed by atoms with Gasteiger partial charge in [0.05, 0.1) is 22.8 Å². The molecule has 0 fully saturated rings. The molecule has 10 aromatic heterocycles. The lowest BCUT2D eigenvalue weighted by Crippen LogP contribution is -1.90. The molecule has 0 aliphatic carbocycles. The highest BCUT2D eigenvalue weighted by atomic mass is 14.8. The van der Waals surface area contributed by atoms with Crippen molar-refractivity contribution in [3.63, 3.8) is 0 Å². The zero-order chi connectivity index (χ0) is 54.6. The van der Waals surface area contributed by atoms with E-state index in [0.717, 1.165) is 90.1 Å². The first kappa shape index (κ1) is 55.3. The van der Waals surface area contributed by atoms with E-state index >= 15 is 0 Å². The van der Waals surface area contributed by atoms with Gasteiger partial charge >= 0.3 is 0 Å². The van der Waals surface area contributed by atoms with Gasteiger partial charge in [0.2, 0.25) is 0 Å². The van der Waals surface area contributed by atoms with Crippen molar-refractivity contribution >= 4 is 0 Å². The summed E-state index contributed by atoms with van der Waals surface area (Å²) in [7, 11) is 0. The molecule has 15 heteroatoms. The number of aromatic nitrogens is 15. The van der Waals surface area contributed by atoms with E-state index in [4.69, 9.17) is 0 Å². The van der Waals surface area contributed by atoms with Crippen LogP contribution in [0.15, 0.2) is 239 Å². The molecule has 10 heterocycles. The van der Waals surface area contributed by atoms with Crippen molar-refractivity contribution in [2.24, 2.45) is 0 Å². The fourth-order valence-electron chi connectivity index (χ4n) is 7.38. The normalized spacial score (nSPS) is 9.92. The van der Waals surface area contributed by atoms with Gasteiger partial charge in [-0.25, -0.2) is 49.8 Å². The lowest BCUT2D eigenvalue weighted by atomic mass is 10.1. The summed E-state index contributed by atoms with van der Waals surface area (Å²) in [5.74, 6) is 0. The summed E-state index contributed by atoms with van der Waals surface area (Å²) >= 11 is 0. The topological polar surface area (TPSA) is 193 Å². The SMILES string of the molecule is Cc1cccc(-c2ccccc2)n1.Cc1cncnc1-c1ccncc1.Cc1ncncc1-c1ccccc1.Cc1ncncc1-c1ccccn1.Cc1ncncc1-c1cccnc1.Cc1ncncc1-c1ccncc1. The van der Waals surface area contributed by atoms with Gasteiger partial charge in [0.15, 0.2) is 0 Å². The molecule has 0 atom stereocenters. The molecule has 0 amide bonds. The average molecular weight is 1020 g/mol. The molecule has 0 unspecified atom stereocenters. The summed E-state index contributed by atoms with van der Waals surface area (Å²) < 4.78 is 0. The zero-order valence-electron chi connectivity index (χ0n) is 44.2. The second kappa shape index (κ2) is 30.1.